The minimum Gasteiger partial charge on any atom is -0.496 e. The van der Waals surface area contributed by atoms with Crippen molar-refractivity contribution < 1.29 is 17.9 Å². The third kappa shape index (κ3) is 5.72. The van der Waals surface area contributed by atoms with Gasteiger partial charge in [-0.1, -0.05) is 17.7 Å². The number of aryl methyl sites for hydroxylation is 1. The number of carbonyl (C=O) groups is 1. The van der Waals surface area contributed by atoms with E-state index in [0.717, 1.165) is 21.2 Å². The first kappa shape index (κ1) is 21.3. The predicted octanol–water partition coefficient (Wildman–Crippen LogP) is 3.13. The summed E-state index contributed by atoms with van der Waals surface area (Å²) in [7, 11) is 1.11. The lowest BCUT2D eigenvalue weighted by molar-refractivity contribution is -0.113. The van der Waals surface area contributed by atoms with Gasteiger partial charge in [0.15, 0.2) is 0 Å². The normalized spacial score (nSPS) is 11.4. The van der Waals surface area contributed by atoms with Crippen LogP contribution in [0.25, 0.3) is 0 Å². The highest BCUT2D eigenvalue weighted by Gasteiger charge is 2.16. The van der Waals surface area contributed by atoms with Crippen LogP contribution in [0.15, 0.2) is 47.4 Å². The molecule has 0 bridgehead atoms. The second kappa shape index (κ2) is 9.25. The van der Waals surface area contributed by atoms with E-state index >= 15 is 0 Å². The molecule has 0 aliphatic carbocycles. The topological polar surface area (TPSA) is 75.7 Å². The van der Waals surface area contributed by atoms with E-state index in [1.807, 2.05) is 25.1 Å². The SMILES string of the molecule is COc1ccc(C)cc1CSCC(=O)Nc1ccc(S(=O)(=O)N(C)C)cc1. The van der Waals surface area contributed by atoms with Gasteiger partial charge in [0.05, 0.1) is 17.8 Å². The third-order valence-corrected chi connectivity index (χ3v) is 6.65. The molecule has 0 aliphatic heterocycles. The summed E-state index contributed by atoms with van der Waals surface area (Å²) in [5, 5.41) is 2.78. The van der Waals surface area contributed by atoms with Gasteiger partial charge in [0.25, 0.3) is 0 Å². The summed E-state index contributed by atoms with van der Waals surface area (Å²) in [4.78, 5) is 12.3. The van der Waals surface area contributed by atoms with Crippen LogP contribution in [0.5, 0.6) is 5.75 Å². The maximum absolute atomic E-state index is 12.1. The van der Waals surface area contributed by atoms with Gasteiger partial charge < -0.3 is 10.1 Å². The summed E-state index contributed by atoms with van der Waals surface area (Å²) in [5.74, 6) is 1.62. The smallest absolute Gasteiger partial charge is 0.242 e. The molecule has 0 aliphatic rings. The molecule has 0 aromatic heterocycles. The summed E-state index contributed by atoms with van der Waals surface area (Å²) in [6, 6.07) is 12.1. The molecule has 0 radical (unpaired) electrons. The molecule has 0 saturated carbocycles. The largest absolute Gasteiger partial charge is 0.496 e. The van der Waals surface area contributed by atoms with Crippen LogP contribution in [0.2, 0.25) is 0 Å². The Kier molecular flexibility index (Phi) is 7.29. The molecule has 0 fully saturated rings. The number of methoxy groups -OCH3 is 1. The summed E-state index contributed by atoms with van der Waals surface area (Å²) in [6.45, 7) is 2.01. The summed E-state index contributed by atoms with van der Waals surface area (Å²) < 4.78 is 30.6. The molecule has 2 aromatic rings. The van der Waals surface area contributed by atoms with Crippen LogP contribution >= 0.6 is 11.8 Å². The quantitative estimate of drug-likeness (QED) is 0.726. The van der Waals surface area contributed by atoms with Crippen LogP contribution in [0.1, 0.15) is 11.1 Å². The Labute approximate surface area is 165 Å². The van der Waals surface area contributed by atoms with Crippen molar-refractivity contribution in [2.24, 2.45) is 0 Å². The Balaban J connectivity index is 1.90. The number of nitrogens with one attached hydrogen (secondary N) is 1. The molecule has 1 N–H and O–H groups in total. The lowest BCUT2D eigenvalue weighted by Gasteiger charge is -2.12. The van der Waals surface area contributed by atoms with Gasteiger partial charge in [-0.3, -0.25) is 4.79 Å². The Hall–Kier alpha value is -2.03. The van der Waals surface area contributed by atoms with Crippen LogP contribution in [-0.2, 0) is 20.6 Å². The van der Waals surface area contributed by atoms with Crippen LogP contribution in [-0.4, -0.2) is 45.6 Å². The highest BCUT2D eigenvalue weighted by molar-refractivity contribution is 7.99. The minimum atomic E-state index is -3.47. The second-order valence-electron chi connectivity index (χ2n) is 6.17. The maximum Gasteiger partial charge on any atom is 0.242 e. The highest BCUT2D eigenvalue weighted by Crippen LogP contribution is 2.24. The molecule has 1 amide bonds. The minimum absolute atomic E-state index is 0.144. The Bertz CT molecular complexity index is 894. The fraction of sp³-hybridized carbons (Fsp3) is 0.316. The van der Waals surface area contributed by atoms with E-state index in [9.17, 15) is 13.2 Å². The van der Waals surface area contributed by atoms with Crippen LogP contribution in [0, 0.1) is 6.92 Å². The lowest BCUT2D eigenvalue weighted by atomic mass is 10.1. The molecule has 8 heteroatoms. The van der Waals surface area contributed by atoms with E-state index in [-0.39, 0.29) is 16.6 Å². The fourth-order valence-corrected chi connectivity index (χ4v) is 4.10. The number of ether oxygens (including phenoxy) is 1. The molecular formula is C19H24N2O4S2. The second-order valence-corrected chi connectivity index (χ2v) is 9.31. The number of rotatable bonds is 8. The number of nitrogens with zero attached hydrogens (tertiary/aromatic N) is 1. The van der Waals surface area contributed by atoms with Gasteiger partial charge in [-0.2, -0.15) is 0 Å². The number of thioether (sulfide) groups is 1. The van der Waals surface area contributed by atoms with Crippen molar-refractivity contribution in [3.8, 4) is 5.75 Å². The van der Waals surface area contributed by atoms with Gasteiger partial charge in [0, 0.05) is 31.1 Å². The Morgan fingerprint density at radius 3 is 2.41 bits per heavy atom. The molecule has 6 nitrogen and oxygen atoms in total. The average Bonchev–Trinajstić information content (AvgIpc) is 2.62. The zero-order valence-electron chi connectivity index (χ0n) is 15.9. The van der Waals surface area contributed by atoms with E-state index in [0.29, 0.717) is 11.4 Å². The number of hydrogen-bond donors (Lipinski definition) is 1. The van der Waals surface area contributed by atoms with Crippen LogP contribution < -0.4 is 10.1 Å². The van der Waals surface area contributed by atoms with Crippen molar-refractivity contribution in [3.05, 3.63) is 53.6 Å². The maximum atomic E-state index is 12.1. The van der Waals surface area contributed by atoms with E-state index in [1.54, 1.807) is 19.2 Å². The van der Waals surface area contributed by atoms with Gasteiger partial charge in [-0.15, -0.1) is 11.8 Å². The fourth-order valence-electron chi connectivity index (χ4n) is 2.39. The number of carbonyl (C=O) groups excluding carboxylic acids is 1. The zero-order valence-corrected chi connectivity index (χ0v) is 17.5. The Morgan fingerprint density at radius 1 is 1.15 bits per heavy atom. The lowest BCUT2D eigenvalue weighted by Crippen LogP contribution is -2.22. The third-order valence-electron chi connectivity index (χ3n) is 3.84. The number of hydrogen-bond acceptors (Lipinski definition) is 5. The van der Waals surface area contributed by atoms with Crippen molar-refractivity contribution in [2.75, 3.05) is 32.3 Å². The van der Waals surface area contributed by atoms with E-state index in [2.05, 4.69) is 5.32 Å². The summed E-state index contributed by atoms with van der Waals surface area (Å²) in [6.07, 6.45) is 0. The Morgan fingerprint density at radius 2 is 1.81 bits per heavy atom. The zero-order chi connectivity index (χ0) is 20.0. The number of benzene rings is 2. The van der Waals surface area contributed by atoms with Gasteiger partial charge in [-0.25, -0.2) is 12.7 Å². The predicted molar refractivity (Wildman–Crippen MR) is 110 cm³/mol. The highest BCUT2D eigenvalue weighted by atomic mass is 32.2. The average molecular weight is 409 g/mol. The molecule has 0 unspecified atom stereocenters. The molecule has 2 rings (SSSR count). The molecular weight excluding hydrogens is 384 g/mol. The van der Waals surface area contributed by atoms with E-state index < -0.39 is 10.0 Å². The number of sulfonamides is 1. The van der Waals surface area contributed by atoms with Crippen molar-refractivity contribution in [1.82, 2.24) is 4.31 Å². The monoisotopic (exact) mass is 408 g/mol. The van der Waals surface area contributed by atoms with E-state index in [1.165, 1.54) is 38.0 Å². The summed E-state index contributed by atoms with van der Waals surface area (Å²) >= 11 is 1.49. The van der Waals surface area contributed by atoms with Crippen molar-refractivity contribution in [2.45, 2.75) is 17.6 Å². The van der Waals surface area contributed by atoms with Gasteiger partial charge >= 0.3 is 0 Å². The first-order valence-corrected chi connectivity index (χ1v) is 10.9. The molecule has 0 heterocycles. The first-order valence-electron chi connectivity index (χ1n) is 8.27. The molecule has 2 aromatic carbocycles. The standard InChI is InChI=1S/C19H24N2O4S2/c1-14-5-10-18(25-4)15(11-14)12-26-13-19(22)20-16-6-8-17(9-7-16)27(23,24)21(2)3/h5-11H,12-13H2,1-4H3,(H,20,22). The molecule has 0 atom stereocenters. The van der Waals surface area contributed by atoms with Crippen molar-refractivity contribution in [1.29, 1.82) is 0 Å². The molecule has 0 saturated heterocycles. The van der Waals surface area contributed by atoms with Crippen LogP contribution in [0.4, 0.5) is 5.69 Å². The number of anilines is 1. The van der Waals surface area contributed by atoms with Gasteiger partial charge in [0.2, 0.25) is 15.9 Å². The number of amides is 1. The van der Waals surface area contributed by atoms with Crippen LogP contribution in [0.3, 0.4) is 0 Å². The van der Waals surface area contributed by atoms with E-state index in [4.69, 9.17) is 4.74 Å². The van der Waals surface area contributed by atoms with Crippen molar-refractivity contribution in [3.63, 3.8) is 0 Å². The molecule has 0 spiro atoms. The van der Waals surface area contributed by atoms with Crippen molar-refractivity contribution >= 4 is 33.4 Å². The summed E-state index contributed by atoms with van der Waals surface area (Å²) in [5.41, 5.74) is 2.75. The van der Waals surface area contributed by atoms with Gasteiger partial charge in [0.1, 0.15) is 5.75 Å². The van der Waals surface area contributed by atoms with Gasteiger partial charge in [-0.05, 0) is 37.3 Å². The first-order chi connectivity index (χ1) is 12.7. The molecule has 27 heavy (non-hydrogen) atoms. The molecule has 146 valence electrons.